The molecule has 0 saturated heterocycles. The average Bonchev–Trinajstić information content (AvgIpc) is 3.22. The van der Waals surface area contributed by atoms with E-state index >= 15 is 0 Å². The van der Waals surface area contributed by atoms with Gasteiger partial charge in [0, 0.05) is 23.0 Å². The molecule has 0 amide bonds. The highest BCUT2D eigenvalue weighted by Crippen LogP contribution is 2.36. The second-order valence-corrected chi connectivity index (χ2v) is 5.97. The molecule has 0 atom stereocenters. The van der Waals surface area contributed by atoms with E-state index in [9.17, 15) is 0 Å². The Hall–Kier alpha value is -3.39. The number of nitrogens with one attached hydrogen (secondary N) is 1. The summed E-state index contributed by atoms with van der Waals surface area (Å²) in [4.78, 5) is 14.3. The number of hydrogen-bond acceptors (Lipinski definition) is 4. The molecule has 0 unspecified atom stereocenters. The van der Waals surface area contributed by atoms with Crippen LogP contribution in [0, 0.1) is 11.3 Å². The van der Waals surface area contributed by atoms with Crippen LogP contribution in [0.2, 0.25) is 0 Å². The van der Waals surface area contributed by atoms with Crippen molar-refractivity contribution >= 4 is 33.3 Å². The smallest absolute Gasteiger partial charge is 0.141 e. The Morgan fingerprint density at radius 3 is 2.92 bits per heavy atom. The molecule has 114 valence electrons. The second-order valence-electron chi connectivity index (χ2n) is 5.97. The largest absolute Gasteiger partial charge is 0.340 e. The van der Waals surface area contributed by atoms with Crippen LogP contribution >= 0.6 is 0 Å². The van der Waals surface area contributed by atoms with Crippen molar-refractivity contribution in [3.63, 3.8) is 0 Å². The monoisotopic (exact) mass is 311 g/mol. The van der Waals surface area contributed by atoms with Crippen molar-refractivity contribution in [1.29, 1.82) is 5.26 Å². The Labute approximate surface area is 138 Å². The number of pyridine rings is 2. The van der Waals surface area contributed by atoms with Crippen LogP contribution < -0.4 is 4.90 Å². The van der Waals surface area contributed by atoms with Gasteiger partial charge in [-0.05, 0) is 30.2 Å². The first kappa shape index (κ1) is 13.1. The zero-order chi connectivity index (χ0) is 16.1. The lowest BCUT2D eigenvalue weighted by Crippen LogP contribution is -2.13. The first-order valence-electron chi connectivity index (χ1n) is 7.86. The maximum absolute atomic E-state index is 9.10. The Morgan fingerprint density at radius 2 is 2.00 bits per heavy atom. The highest BCUT2D eigenvalue weighted by Gasteiger charge is 2.20. The number of rotatable bonds is 1. The van der Waals surface area contributed by atoms with Gasteiger partial charge in [-0.3, -0.25) is 0 Å². The molecule has 1 aromatic carbocycles. The van der Waals surface area contributed by atoms with Crippen molar-refractivity contribution in [3.05, 3.63) is 60.0 Å². The SMILES string of the molecule is N#Cc1cc2c(cn1)[nH]c1ncc(N3CCc4ccccc43)cc12. The van der Waals surface area contributed by atoms with Crippen molar-refractivity contribution in [2.45, 2.75) is 6.42 Å². The third-order valence-corrected chi connectivity index (χ3v) is 4.63. The highest BCUT2D eigenvalue weighted by atomic mass is 15.2. The van der Waals surface area contributed by atoms with E-state index < -0.39 is 0 Å². The predicted molar refractivity (Wildman–Crippen MR) is 93.3 cm³/mol. The van der Waals surface area contributed by atoms with Crippen LogP contribution in [0.15, 0.2) is 48.8 Å². The Balaban J connectivity index is 1.71. The van der Waals surface area contributed by atoms with Crippen LogP contribution in [-0.4, -0.2) is 21.5 Å². The van der Waals surface area contributed by atoms with Crippen molar-refractivity contribution in [1.82, 2.24) is 15.0 Å². The lowest BCUT2D eigenvalue weighted by atomic mass is 10.1. The van der Waals surface area contributed by atoms with Crippen molar-refractivity contribution in [3.8, 4) is 6.07 Å². The Bertz CT molecular complexity index is 1140. The van der Waals surface area contributed by atoms with Crippen molar-refractivity contribution in [2.24, 2.45) is 0 Å². The van der Waals surface area contributed by atoms with E-state index in [4.69, 9.17) is 5.26 Å². The lowest BCUT2D eigenvalue weighted by molar-refractivity contribution is 0.995. The van der Waals surface area contributed by atoms with Crippen LogP contribution in [0.5, 0.6) is 0 Å². The second kappa shape index (κ2) is 4.80. The van der Waals surface area contributed by atoms with E-state index in [1.54, 1.807) is 6.20 Å². The van der Waals surface area contributed by atoms with Gasteiger partial charge >= 0.3 is 0 Å². The summed E-state index contributed by atoms with van der Waals surface area (Å²) in [7, 11) is 0. The quantitative estimate of drug-likeness (QED) is 0.582. The van der Waals surface area contributed by atoms with E-state index in [0.717, 1.165) is 40.6 Å². The minimum atomic E-state index is 0.417. The topological polar surface area (TPSA) is 68.6 Å². The van der Waals surface area contributed by atoms with Crippen LogP contribution in [0.25, 0.3) is 21.9 Å². The first-order chi connectivity index (χ1) is 11.8. The molecule has 5 rings (SSSR count). The number of aromatic nitrogens is 3. The van der Waals surface area contributed by atoms with Gasteiger partial charge in [0.15, 0.2) is 0 Å². The van der Waals surface area contributed by atoms with Crippen LogP contribution in [0.4, 0.5) is 11.4 Å². The summed E-state index contributed by atoms with van der Waals surface area (Å²) in [6, 6.07) is 14.5. The normalized spacial score (nSPS) is 13.4. The van der Waals surface area contributed by atoms with Crippen LogP contribution in [0.1, 0.15) is 11.3 Å². The fourth-order valence-electron chi connectivity index (χ4n) is 3.48. The lowest BCUT2D eigenvalue weighted by Gasteiger charge is -2.19. The number of nitriles is 1. The standard InChI is InChI=1S/C19H13N5/c20-9-13-7-15-16-8-14(10-22-19(16)23-17(15)11-21-13)24-6-5-12-3-1-2-4-18(12)24/h1-4,7-8,10-11H,5-6H2,(H,22,23). The molecule has 0 bridgehead atoms. The van der Waals surface area contributed by atoms with Gasteiger partial charge in [-0.2, -0.15) is 5.26 Å². The summed E-state index contributed by atoms with van der Waals surface area (Å²) >= 11 is 0. The summed E-state index contributed by atoms with van der Waals surface area (Å²) in [5.41, 5.74) is 5.82. The number of benzene rings is 1. The van der Waals surface area contributed by atoms with Gasteiger partial charge in [-0.1, -0.05) is 18.2 Å². The summed E-state index contributed by atoms with van der Waals surface area (Å²) in [5.74, 6) is 0. The third-order valence-electron chi connectivity index (χ3n) is 4.63. The zero-order valence-corrected chi connectivity index (χ0v) is 12.8. The van der Waals surface area contributed by atoms with Crippen LogP contribution in [0.3, 0.4) is 0 Å². The molecule has 5 nitrogen and oxygen atoms in total. The molecule has 0 spiro atoms. The molecular formula is C19H13N5. The molecule has 1 aliphatic rings. The molecular weight excluding hydrogens is 298 g/mol. The number of fused-ring (bicyclic) bond motifs is 4. The van der Waals surface area contributed by atoms with E-state index in [1.807, 2.05) is 12.3 Å². The molecule has 0 radical (unpaired) electrons. The molecule has 4 aromatic rings. The minimum absolute atomic E-state index is 0.417. The van der Waals surface area contributed by atoms with Gasteiger partial charge in [-0.25, -0.2) is 9.97 Å². The number of H-pyrrole nitrogens is 1. The van der Waals surface area contributed by atoms with Gasteiger partial charge in [0.1, 0.15) is 17.4 Å². The first-order valence-corrected chi connectivity index (χ1v) is 7.86. The van der Waals surface area contributed by atoms with Crippen molar-refractivity contribution < 1.29 is 0 Å². The molecule has 0 aliphatic carbocycles. The van der Waals surface area contributed by atoms with E-state index in [1.165, 1.54) is 11.3 Å². The molecule has 1 aliphatic heterocycles. The molecule has 3 aromatic heterocycles. The molecule has 0 saturated carbocycles. The number of nitrogens with zero attached hydrogens (tertiary/aromatic N) is 4. The van der Waals surface area contributed by atoms with Crippen molar-refractivity contribution in [2.75, 3.05) is 11.4 Å². The molecule has 24 heavy (non-hydrogen) atoms. The van der Waals surface area contributed by atoms with Gasteiger partial charge in [-0.15, -0.1) is 0 Å². The number of hydrogen-bond donors (Lipinski definition) is 1. The minimum Gasteiger partial charge on any atom is -0.340 e. The summed E-state index contributed by atoms with van der Waals surface area (Å²) in [6.45, 7) is 0.958. The van der Waals surface area contributed by atoms with E-state index in [2.05, 4.69) is 56.3 Å². The van der Waals surface area contributed by atoms with E-state index in [0.29, 0.717) is 5.69 Å². The van der Waals surface area contributed by atoms with Crippen LogP contribution in [-0.2, 0) is 6.42 Å². The Morgan fingerprint density at radius 1 is 1.08 bits per heavy atom. The number of aromatic amines is 1. The third kappa shape index (κ3) is 1.80. The van der Waals surface area contributed by atoms with Gasteiger partial charge in [0.25, 0.3) is 0 Å². The number of para-hydroxylation sites is 1. The molecule has 4 heterocycles. The maximum atomic E-state index is 9.10. The fraction of sp³-hybridized carbons (Fsp3) is 0.105. The van der Waals surface area contributed by atoms with Gasteiger partial charge in [0.05, 0.1) is 23.6 Å². The zero-order valence-electron chi connectivity index (χ0n) is 12.8. The highest BCUT2D eigenvalue weighted by molar-refractivity contribution is 6.07. The Kier molecular flexibility index (Phi) is 2.62. The van der Waals surface area contributed by atoms with Gasteiger partial charge in [0.2, 0.25) is 0 Å². The summed E-state index contributed by atoms with van der Waals surface area (Å²) < 4.78 is 0. The molecule has 5 heteroatoms. The fourth-order valence-corrected chi connectivity index (χ4v) is 3.48. The van der Waals surface area contributed by atoms with Gasteiger partial charge < -0.3 is 9.88 Å². The van der Waals surface area contributed by atoms with E-state index in [-0.39, 0.29) is 0 Å². The predicted octanol–water partition coefficient (Wildman–Crippen LogP) is 3.68. The molecule has 1 N–H and O–H groups in total. The maximum Gasteiger partial charge on any atom is 0.141 e. The molecule has 0 fully saturated rings. The average molecular weight is 311 g/mol. The summed E-state index contributed by atoms with van der Waals surface area (Å²) in [5, 5.41) is 11.1. The summed E-state index contributed by atoms with van der Waals surface area (Å²) in [6.07, 6.45) is 4.64. The number of anilines is 2.